The molecule has 0 spiro atoms. The fraction of sp³-hybridized carbons (Fsp3) is 0.364. The molecule has 1 aliphatic heterocycles. The topological polar surface area (TPSA) is 133 Å². The molecule has 2 heterocycles. The standard InChI is InChI=1S/C15H17F2N3O.C7H9N5/c16-10-6-9(7-11(17)8-10)13-4-5-14(18)20(13)15(21)19-12-2-1-3-12;1-6(8)10-5-12-7-2-3-9-4-11-7/h6-8,12-13,18H,1-5H2,(H,19,21);2-5H,1H3,(H2,8,9,10,11,12). The molecule has 2 fully saturated rings. The number of nitrogens with zero attached hydrogens (tertiary/aromatic N) is 5. The third-order valence-electron chi connectivity index (χ3n) is 5.20. The highest BCUT2D eigenvalue weighted by Gasteiger charge is 2.36. The van der Waals surface area contributed by atoms with Gasteiger partial charge in [0.05, 0.1) is 11.9 Å². The van der Waals surface area contributed by atoms with E-state index in [2.05, 4.69) is 25.3 Å². The van der Waals surface area contributed by atoms with E-state index >= 15 is 0 Å². The second kappa shape index (κ2) is 11.2. The maximum absolute atomic E-state index is 13.4. The second-order valence-electron chi connectivity index (χ2n) is 7.73. The Morgan fingerprint density at radius 2 is 2.00 bits per heavy atom. The molecule has 9 nitrogen and oxygen atoms in total. The molecular weight excluding hydrogens is 430 g/mol. The van der Waals surface area contributed by atoms with Gasteiger partial charge in [-0.3, -0.25) is 10.3 Å². The van der Waals surface area contributed by atoms with Crippen molar-refractivity contribution >= 4 is 29.9 Å². The van der Waals surface area contributed by atoms with Crippen molar-refractivity contribution in [3.05, 3.63) is 54.0 Å². The van der Waals surface area contributed by atoms with E-state index in [0.717, 1.165) is 25.3 Å². The monoisotopic (exact) mass is 456 g/mol. The minimum absolute atomic E-state index is 0.163. The third kappa shape index (κ3) is 6.86. The fourth-order valence-corrected chi connectivity index (χ4v) is 3.39. The highest BCUT2D eigenvalue weighted by molar-refractivity contribution is 5.98. The van der Waals surface area contributed by atoms with E-state index in [1.54, 1.807) is 19.2 Å². The summed E-state index contributed by atoms with van der Waals surface area (Å²) in [5.41, 5.74) is 5.68. The molecule has 1 saturated carbocycles. The van der Waals surface area contributed by atoms with Crippen LogP contribution in [0.15, 0.2) is 46.8 Å². The summed E-state index contributed by atoms with van der Waals surface area (Å²) in [5, 5.41) is 10.8. The van der Waals surface area contributed by atoms with Crippen LogP contribution in [0.3, 0.4) is 0 Å². The molecule has 1 aromatic carbocycles. The number of nitrogens with one attached hydrogen (secondary N) is 2. The Hall–Kier alpha value is -3.76. The zero-order valence-corrected chi connectivity index (χ0v) is 18.2. The van der Waals surface area contributed by atoms with Gasteiger partial charge in [-0.25, -0.2) is 33.5 Å². The number of amidine groups is 2. The first-order valence-electron chi connectivity index (χ1n) is 10.5. The van der Waals surface area contributed by atoms with Crippen LogP contribution in [-0.2, 0) is 0 Å². The van der Waals surface area contributed by atoms with E-state index in [4.69, 9.17) is 11.1 Å². The molecule has 33 heavy (non-hydrogen) atoms. The van der Waals surface area contributed by atoms with Crippen molar-refractivity contribution in [2.45, 2.75) is 51.1 Å². The lowest BCUT2D eigenvalue weighted by molar-refractivity contribution is 0.200. The Balaban J connectivity index is 0.000000218. The minimum Gasteiger partial charge on any atom is -0.387 e. The van der Waals surface area contributed by atoms with Crippen molar-refractivity contribution in [2.24, 2.45) is 15.7 Å². The molecule has 174 valence electrons. The van der Waals surface area contributed by atoms with Crippen molar-refractivity contribution < 1.29 is 13.6 Å². The van der Waals surface area contributed by atoms with Gasteiger partial charge < -0.3 is 11.1 Å². The van der Waals surface area contributed by atoms with Gasteiger partial charge in [-0.1, -0.05) is 0 Å². The van der Waals surface area contributed by atoms with Gasteiger partial charge in [0.25, 0.3) is 0 Å². The van der Waals surface area contributed by atoms with E-state index < -0.39 is 17.7 Å². The van der Waals surface area contributed by atoms with E-state index in [1.165, 1.54) is 29.7 Å². The number of aliphatic imine (C=N–C) groups is 2. The smallest absolute Gasteiger partial charge is 0.323 e. The zero-order chi connectivity index (χ0) is 23.8. The quantitative estimate of drug-likeness (QED) is 0.476. The van der Waals surface area contributed by atoms with Gasteiger partial charge in [-0.05, 0) is 50.3 Å². The van der Waals surface area contributed by atoms with Crippen LogP contribution in [0.1, 0.15) is 50.6 Å². The number of carbonyl (C=O) groups is 1. The predicted octanol–water partition coefficient (Wildman–Crippen LogP) is 3.85. The van der Waals surface area contributed by atoms with Gasteiger partial charge in [0.15, 0.2) is 5.82 Å². The maximum Gasteiger partial charge on any atom is 0.323 e. The highest BCUT2D eigenvalue weighted by atomic mass is 19.1. The maximum atomic E-state index is 13.4. The van der Waals surface area contributed by atoms with Crippen molar-refractivity contribution in [3.63, 3.8) is 0 Å². The number of carbonyl (C=O) groups excluding carboxylic acids is 1. The molecule has 1 atom stereocenters. The van der Waals surface area contributed by atoms with Crippen LogP contribution in [-0.4, -0.2) is 45.0 Å². The van der Waals surface area contributed by atoms with Crippen LogP contribution in [0, 0.1) is 17.0 Å². The van der Waals surface area contributed by atoms with Crippen LogP contribution < -0.4 is 11.1 Å². The molecule has 2 aliphatic rings. The van der Waals surface area contributed by atoms with E-state index in [0.29, 0.717) is 30.1 Å². The lowest BCUT2D eigenvalue weighted by Crippen LogP contribution is -2.48. The average Bonchev–Trinajstić information content (AvgIpc) is 3.12. The lowest BCUT2D eigenvalue weighted by atomic mass is 9.93. The fourth-order valence-electron chi connectivity index (χ4n) is 3.39. The van der Waals surface area contributed by atoms with Gasteiger partial charge >= 0.3 is 6.03 Å². The summed E-state index contributed by atoms with van der Waals surface area (Å²) in [4.78, 5) is 28.9. The highest BCUT2D eigenvalue weighted by Crippen LogP contribution is 2.34. The number of halogens is 2. The molecule has 2 amide bonds. The summed E-state index contributed by atoms with van der Waals surface area (Å²) in [5.74, 6) is -0.102. The molecule has 0 radical (unpaired) electrons. The van der Waals surface area contributed by atoms with Crippen LogP contribution in [0.25, 0.3) is 0 Å². The Morgan fingerprint density at radius 1 is 1.27 bits per heavy atom. The molecule has 4 N–H and O–H groups in total. The number of nitrogens with two attached hydrogens (primary N) is 1. The Labute approximate surface area is 190 Å². The molecule has 4 rings (SSSR count). The summed E-state index contributed by atoms with van der Waals surface area (Å²) in [6, 6.07) is 4.31. The SMILES string of the molecule is CC(N)=NC=Nc1ccncn1.N=C1CCC(c2cc(F)cc(F)c2)N1C(=O)NC1CCC1. The zero-order valence-electron chi connectivity index (χ0n) is 18.2. The predicted molar refractivity (Wildman–Crippen MR) is 122 cm³/mol. The van der Waals surface area contributed by atoms with E-state index in [9.17, 15) is 13.6 Å². The van der Waals surface area contributed by atoms with Crippen LogP contribution in [0.2, 0.25) is 0 Å². The van der Waals surface area contributed by atoms with Gasteiger partial charge in [0.1, 0.15) is 30.1 Å². The molecule has 0 bridgehead atoms. The number of rotatable bonds is 4. The van der Waals surface area contributed by atoms with Crippen LogP contribution >= 0.6 is 0 Å². The second-order valence-corrected chi connectivity index (χ2v) is 7.73. The minimum atomic E-state index is -0.664. The Morgan fingerprint density at radius 3 is 2.58 bits per heavy atom. The van der Waals surface area contributed by atoms with Crippen LogP contribution in [0.4, 0.5) is 19.4 Å². The van der Waals surface area contributed by atoms with Gasteiger partial charge in [0.2, 0.25) is 0 Å². The number of amides is 2. The van der Waals surface area contributed by atoms with Crippen molar-refractivity contribution in [1.29, 1.82) is 5.41 Å². The number of urea groups is 1. The van der Waals surface area contributed by atoms with E-state index in [1.807, 2.05) is 0 Å². The molecule has 2 aromatic rings. The largest absolute Gasteiger partial charge is 0.387 e. The van der Waals surface area contributed by atoms with Gasteiger partial charge in [-0.15, -0.1) is 0 Å². The van der Waals surface area contributed by atoms with Crippen LogP contribution in [0.5, 0.6) is 0 Å². The summed E-state index contributed by atoms with van der Waals surface area (Å²) >= 11 is 0. The first-order valence-corrected chi connectivity index (χ1v) is 10.5. The first-order chi connectivity index (χ1) is 15.8. The number of aromatic nitrogens is 2. The summed E-state index contributed by atoms with van der Waals surface area (Å²) < 4.78 is 26.7. The third-order valence-corrected chi connectivity index (χ3v) is 5.20. The molecule has 1 unspecified atom stereocenters. The number of hydrogen-bond donors (Lipinski definition) is 3. The van der Waals surface area contributed by atoms with E-state index in [-0.39, 0.29) is 17.9 Å². The molecule has 1 aromatic heterocycles. The lowest BCUT2D eigenvalue weighted by Gasteiger charge is -2.31. The summed E-state index contributed by atoms with van der Waals surface area (Å²) in [7, 11) is 0. The number of benzene rings is 1. The summed E-state index contributed by atoms with van der Waals surface area (Å²) in [6.45, 7) is 1.69. The summed E-state index contributed by atoms with van der Waals surface area (Å²) in [6.07, 6.45) is 8.34. The van der Waals surface area contributed by atoms with Gasteiger partial charge in [-0.2, -0.15) is 0 Å². The molecule has 11 heteroatoms. The van der Waals surface area contributed by atoms with Crippen molar-refractivity contribution in [3.8, 4) is 0 Å². The Bertz CT molecular complexity index is 1020. The Kier molecular flexibility index (Phi) is 8.11. The first kappa shape index (κ1) is 23.9. The molecule has 1 aliphatic carbocycles. The van der Waals surface area contributed by atoms with Crippen molar-refractivity contribution in [1.82, 2.24) is 20.2 Å². The average molecular weight is 457 g/mol. The number of likely N-dealkylation sites (tertiary alicyclic amines) is 1. The normalized spacial score (nSPS) is 18.6. The molecular formula is C22H26F2N8O. The molecule has 1 saturated heterocycles. The number of hydrogen-bond acceptors (Lipinski definition) is 5. The van der Waals surface area contributed by atoms with Gasteiger partial charge in [0, 0.05) is 30.8 Å². The van der Waals surface area contributed by atoms with Crippen molar-refractivity contribution in [2.75, 3.05) is 0 Å².